The molecule has 0 aromatic heterocycles. The van der Waals surface area contributed by atoms with Gasteiger partial charge in [-0.15, -0.1) is 11.8 Å². The number of fused-ring (bicyclic) bond motifs is 4. The van der Waals surface area contributed by atoms with Crippen molar-refractivity contribution in [2.24, 2.45) is 0 Å². The molecule has 4 aromatic rings. The molecule has 0 atom stereocenters. The third kappa shape index (κ3) is 9.69. The van der Waals surface area contributed by atoms with Crippen LogP contribution in [0.1, 0.15) is 183 Å². The standard InChI is InChI=1S/C52H58O2S3/c1-4-5-6-7-8-9-10-11-12-13-14-15-16-17-18-25-34-55-52-37(3)56-51(57-52)36(2)38-32-33-42-46(35-38)50(54)45-31-24-21-28-41(45)48(42)47-39-26-19-22-29-43(39)49(53)44-30-23-20-27-40(44)47/h19-24,26-33,35H,4-18,25,34H2,1-3H3/b51-36+. The van der Waals surface area contributed by atoms with Gasteiger partial charge in [-0.3, -0.25) is 9.59 Å². The summed E-state index contributed by atoms with van der Waals surface area (Å²) in [6.07, 6.45) is 22.4. The van der Waals surface area contributed by atoms with Gasteiger partial charge in [0.25, 0.3) is 0 Å². The van der Waals surface area contributed by atoms with E-state index in [4.69, 9.17) is 0 Å². The van der Waals surface area contributed by atoms with E-state index in [0.29, 0.717) is 16.7 Å². The summed E-state index contributed by atoms with van der Waals surface area (Å²) in [6, 6.07) is 30.2. The zero-order valence-corrected chi connectivity index (χ0v) is 36.7. The van der Waals surface area contributed by atoms with Gasteiger partial charge in [0.1, 0.15) is 0 Å². The smallest absolute Gasteiger partial charge is 0.194 e. The zero-order chi connectivity index (χ0) is 39.6. The first-order chi connectivity index (χ1) is 28.0. The highest BCUT2D eigenvalue weighted by Crippen LogP contribution is 2.56. The Morgan fingerprint density at radius 3 is 1.37 bits per heavy atom. The molecule has 2 aliphatic carbocycles. The number of hydrogen-bond acceptors (Lipinski definition) is 5. The largest absolute Gasteiger partial charge is 0.289 e. The van der Waals surface area contributed by atoms with Gasteiger partial charge in [-0.1, -0.05) is 212 Å². The van der Waals surface area contributed by atoms with Crippen molar-refractivity contribution in [2.45, 2.75) is 124 Å². The van der Waals surface area contributed by atoms with Crippen LogP contribution in [0.3, 0.4) is 0 Å². The van der Waals surface area contributed by atoms with E-state index in [0.717, 1.165) is 44.5 Å². The second-order valence-electron chi connectivity index (χ2n) is 15.9. The van der Waals surface area contributed by atoms with Crippen molar-refractivity contribution in [2.75, 3.05) is 5.75 Å². The maximum absolute atomic E-state index is 14.3. The van der Waals surface area contributed by atoms with Gasteiger partial charge in [-0.05, 0) is 76.6 Å². The fourth-order valence-electron chi connectivity index (χ4n) is 8.57. The van der Waals surface area contributed by atoms with E-state index in [9.17, 15) is 9.59 Å². The quantitative estimate of drug-likeness (QED) is 0.0761. The number of carbonyl (C=O) groups excluding carboxylic acids is 2. The molecular formula is C52H58O2S3. The maximum Gasteiger partial charge on any atom is 0.194 e. The molecule has 2 nitrogen and oxygen atoms in total. The zero-order valence-electron chi connectivity index (χ0n) is 34.2. The number of hydrogen-bond donors (Lipinski definition) is 0. The first kappa shape index (κ1) is 41.6. The molecule has 0 spiro atoms. The monoisotopic (exact) mass is 810 g/mol. The Bertz CT molecular complexity index is 2140. The van der Waals surface area contributed by atoms with Crippen LogP contribution in [0.2, 0.25) is 0 Å². The Labute approximate surface area is 354 Å². The molecule has 0 N–H and O–H groups in total. The summed E-state index contributed by atoms with van der Waals surface area (Å²) in [5.41, 5.74) is 10.8. The van der Waals surface area contributed by atoms with Gasteiger partial charge in [0, 0.05) is 27.2 Å². The number of rotatable bonds is 19. The Morgan fingerprint density at radius 1 is 0.491 bits per heavy atom. The van der Waals surface area contributed by atoms with Crippen LogP contribution in [-0.4, -0.2) is 17.3 Å². The first-order valence-corrected chi connectivity index (χ1v) is 24.3. The highest BCUT2D eigenvalue weighted by Gasteiger charge is 2.34. The van der Waals surface area contributed by atoms with Crippen molar-refractivity contribution in [3.05, 3.63) is 154 Å². The average Bonchev–Trinajstić information content (AvgIpc) is 3.62. The predicted octanol–water partition coefficient (Wildman–Crippen LogP) is 16.1. The molecule has 0 amide bonds. The Hall–Kier alpha value is -3.51. The summed E-state index contributed by atoms with van der Waals surface area (Å²) >= 11 is 5.80. The summed E-state index contributed by atoms with van der Waals surface area (Å²) in [5, 5.41) is 0. The molecule has 0 saturated heterocycles. The molecule has 0 unspecified atom stereocenters. The minimum atomic E-state index is 0.0431. The van der Waals surface area contributed by atoms with Crippen LogP contribution in [0.25, 0.3) is 16.7 Å². The molecule has 57 heavy (non-hydrogen) atoms. The number of carbonyl (C=O) groups is 2. The molecule has 1 aliphatic heterocycles. The molecule has 5 heteroatoms. The number of allylic oxidation sites excluding steroid dienone is 2. The summed E-state index contributed by atoms with van der Waals surface area (Å²) in [4.78, 5) is 29.4. The van der Waals surface area contributed by atoms with Crippen molar-refractivity contribution >= 4 is 63.6 Å². The van der Waals surface area contributed by atoms with Crippen LogP contribution >= 0.6 is 35.3 Å². The lowest BCUT2D eigenvalue weighted by Gasteiger charge is -2.29. The maximum atomic E-state index is 14.3. The molecule has 0 radical (unpaired) electrons. The van der Waals surface area contributed by atoms with Crippen LogP contribution in [0.5, 0.6) is 0 Å². The van der Waals surface area contributed by atoms with Gasteiger partial charge in [0.2, 0.25) is 0 Å². The van der Waals surface area contributed by atoms with E-state index in [-0.39, 0.29) is 11.6 Å². The van der Waals surface area contributed by atoms with Gasteiger partial charge in [-0.25, -0.2) is 0 Å². The average molecular weight is 811 g/mol. The predicted molar refractivity (Wildman–Crippen MR) is 250 cm³/mol. The molecule has 0 bridgehead atoms. The van der Waals surface area contributed by atoms with Crippen LogP contribution in [0.4, 0.5) is 0 Å². The number of ketones is 2. The number of benzene rings is 4. The van der Waals surface area contributed by atoms with Crippen molar-refractivity contribution < 1.29 is 9.59 Å². The molecule has 7 rings (SSSR count). The van der Waals surface area contributed by atoms with Crippen molar-refractivity contribution in [1.29, 1.82) is 0 Å². The van der Waals surface area contributed by atoms with E-state index in [1.165, 1.54) is 127 Å². The highest BCUT2D eigenvalue weighted by molar-refractivity contribution is 8.35. The minimum absolute atomic E-state index is 0.0431. The number of thioether (sulfide) groups is 3. The summed E-state index contributed by atoms with van der Waals surface area (Å²) in [6.45, 7) is 6.75. The summed E-state index contributed by atoms with van der Waals surface area (Å²) in [7, 11) is 0. The van der Waals surface area contributed by atoms with E-state index in [2.05, 4.69) is 45.0 Å². The lowest BCUT2D eigenvalue weighted by Crippen LogP contribution is -2.19. The second kappa shape index (κ2) is 20.5. The third-order valence-electron chi connectivity index (χ3n) is 11.8. The van der Waals surface area contributed by atoms with E-state index in [1.807, 2.05) is 102 Å². The van der Waals surface area contributed by atoms with Crippen LogP contribution in [-0.2, 0) is 0 Å². The Kier molecular flexibility index (Phi) is 14.9. The normalized spacial score (nSPS) is 15.5. The van der Waals surface area contributed by atoms with E-state index >= 15 is 0 Å². The summed E-state index contributed by atoms with van der Waals surface area (Å²) in [5.74, 6) is 1.27. The molecule has 4 aromatic carbocycles. The summed E-state index contributed by atoms with van der Waals surface area (Å²) < 4.78 is 2.73. The van der Waals surface area contributed by atoms with Gasteiger partial charge < -0.3 is 0 Å². The van der Waals surface area contributed by atoms with Crippen LogP contribution in [0, 0.1) is 0 Å². The second-order valence-corrected chi connectivity index (χ2v) is 19.8. The molecule has 3 aliphatic rings. The SMILES string of the molecule is CCCCCCCCCCCCCCCCCCSC1=C(C)S/C(=C(/C)c2ccc3c(c2)C(=O)c2ccccc2C3=C2c3ccccc3C(=O)c3ccccc32)S1. The third-order valence-corrected chi connectivity index (χ3v) is 16.2. The lowest BCUT2D eigenvalue weighted by molar-refractivity contribution is 0.102. The Balaban J connectivity index is 0.969. The van der Waals surface area contributed by atoms with Crippen molar-refractivity contribution in [3.63, 3.8) is 0 Å². The first-order valence-electron chi connectivity index (χ1n) is 21.6. The molecular weight excluding hydrogens is 753 g/mol. The van der Waals surface area contributed by atoms with E-state index in [1.54, 1.807) is 0 Å². The Morgan fingerprint density at radius 2 is 0.895 bits per heavy atom. The topological polar surface area (TPSA) is 34.1 Å². The minimum Gasteiger partial charge on any atom is -0.289 e. The fraction of sp³-hybridized carbons (Fsp3) is 0.385. The van der Waals surface area contributed by atoms with Crippen LogP contribution < -0.4 is 0 Å². The van der Waals surface area contributed by atoms with Gasteiger partial charge in [0.05, 0.1) is 8.47 Å². The molecule has 1 heterocycles. The van der Waals surface area contributed by atoms with Crippen molar-refractivity contribution in [1.82, 2.24) is 0 Å². The van der Waals surface area contributed by atoms with Gasteiger partial charge in [0.15, 0.2) is 11.6 Å². The van der Waals surface area contributed by atoms with Crippen LogP contribution in [0.15, 0.2) is 104 Å². The number of unbranched alkanes of at least 4 members (excludes halogenated alkanes) is 15. The highest BCUT2D eigenvalue weighted by atomic mass is 32.2. The van der Waals surface area contributed by atoms with E-state index < -0.39 is 0 Å². The molecule has 296 valence electrons. The van der Waals surface area contributed by atoms with Crippen molar-refractivity contribution in [3.8, 4) is 0 Å². The lowest BCUT2D eigenvalue weighted by atomic mass is 9.72. The molecule has 0 saturated carbocycles. The van der Waals surface area contributed by atoms with Gasteiger partial charge in [-0.2, -0.15) is 0 Å². The fourth-order valence-corrected chi connectivity index (χ4v) is 12.8. The van der Waals surface area contributed by atoms with Gasteiger partial charge >= 0.3 is 0 Å². The molecule has 0 fully saturated rings.